The summed E-state index contributed by atoms with van der Waals surface area (Å²) in [6.07, 6.45) is -3.59. The minimum Gasteiger partial charge on any atom is -0.326 e. The SMILES string of the molecule is CS(=O)(=O)O.NCc1cc(C(F)(F)F)ccc1Br. The molecule has 0 aliphatic carbocycles. The number of hydrogen-bond donors (Lipinski definition) is 2. The molecule has 4 nitrogen and oxygen atoms in total. The van der Waals surface area contributed by atoms with E-state index < -0.39 is 21.9 Å². The van der Waals surface area contributed by atoms with Crippen LogP contribution < -0.4 is 5.73 Å². The maximum absolute atomic E-state index is 12.2. The quantitative estimate of drug-likeness (QED) is 0.763. The van der Waals surface area contributed by atoms with E-state index in [1.165, 1.54) is 6.07 Å². The number of alkyl halides is 3. The number of hydrogen-bond acceptors (Lipinski definition) is 3. The van der Waals surface area contributed by atoms with E-state index in [-0.39, 0.29) is 6.54 Å². The van der Waals surface area contributed by atoms with Gasteiger partial charge in [-0.15, -0.1) is 0 Å². The molecule has 0 spiro atoms. The molecule has 0 fully saturated rings. The van der Waals surface area contributed by atoms with E-state index in [1.807, 2.05) is 0 Å². The Morgan fingerprint density at radius 3 is 2.17 bits per heavy atom. The Kier molecular flexibility index (Phi) is 6.27. The van der Waals surface area contributed by atoms with Gasteiger partial charge in [-0.2, -0.15) is 21.6 Å². The molecule has 9 heteroatoms. The summed E-state index contributed by atoms with van der Waals surface area (Å²) in [5.41, 5.74) is 5.05. The van der Waals surface area contributed by atoms with Crippen molar-refractivity contribution >= 4 is 26.0 Å². The number of benzene rings is 1. The largest absolute Gasteiger partial charge is 0.416 e. The third kappa shape index (κ3) is 7.64. The second-order valence-corrected chi connectivity index (χ2v) is 5.56. The van der Waals surface area contributed by atoms with E-state index in [2.05, 4.69) is 15.9 Å². The first-order valence-electron chi connectivity index (χ1n) is 4.43. The van der Waals surface area contributed by atoms with Gasteiger partial charge >= 0.3 is 6.18 Å². The van der Waals surface area contributed by atoms with Gasteiger partial charge in [0.1, 0.15) is 0 Å². The zero-order chi connectivity index (χ0) is 14.6. The summed E-state index contributed by atoms with van der Waals surface area (Å²) in [6.45, 7) is 0.0878. The zero-order valence-corrected chi connectivity index (χ0v) is 11.6. The molecule has 0 saturated heterocycles. The first-order valence-corrected chi connectivity index (χ1v) is 7.07. The highest BCUT2D eigenvalue weighted by molar-refractivity contribution is 9.10. The van der Waals surface area contributed by atoms with Crippen LogP contribution in [0.3, 0.4) is 0 Å². The smallest absolute Gasteiger partial charge is 0.326 e. The number of halogens is 4. The topological polar surface area (TPSA) is 80.4 Å². The van der Waals surface area contributed by atoms with Gasteiger partial charge in [0.15, 0.2) is 0 Å². The molecule has 1 rings (SSSR count). The van der Waals surface area contributed by atoms with Gasteiger partial charge in [0, 0.05) is 11.0 Å². The molecule has 0 bridgehead atoms. The third-order valence-electron chi connectivity index (χ3n) is 1.59. The van der Waals surface area contributed by atoms with Gasteiger partial charge in [-0.1, -0.05) is 15.9 Å². The predicted molar refractivity (Wildman–Crippen MR) is 64.5 cm³/mol. The standard InChI is InChI=1S/C8H7BrF3N.CH4O3S/c9-7-2-1-6(8(10,11)12)3-5(7)4-13;1-5(2,3)4/h1-3H,4,13H2;1H3,(H,2,3,4). The minimum atomic E-state index is -4.30. The lowest BCUT2D eigenvalue weighted by Gasteiger charge is -2.08. The van der Waals surface area contributed by atoms with Crippen LogP contribution in [-0.2, 0) is 22.8 Å². The van der Waals surface area contributed by atoms with Crippen molar-refractivity contribution in [2.75, 3.05) is 6.26 Å². The molecule has 0 amide bonds. The highest BCUT2D eigenvalue weighted by Crippen LogP contribution is 2.31. The minimum absolute atomic E-state index is 0.0878. The van der Waals surface area contributed by atoms with Gasteiger partial charge in [-0.3, -0.25) is 4.55 Å². The van der Waals surface area contributed by atoms with E-state index in [0.29, 0.717) is 16.3 Å². The summed E-state index contributed by atoms with van der Waals surface area (Å²) >= 11 is 3.11. The molecule has 0 atom stereocenters. The van der Waals surface area contributed by atoms with E-state index in [4.69, 9.17) is 10.3 Å². The molecular formula is C9H11BrF3NO3S. The van der Waals surface area contributed by atoms with Gasteiger partial charge in [0.2, 0.25) is 0 Å². The zero-order valence-electron chi connectivity index (χ0n) is 9.20. The third-order valence-corrected chi connectivity index (χ3v) is 2.37. The summed E-state index contributed by atoms with van der Waals surface area (Å²) in [4.78, 5) is 0. The highest BCUT2D eigenvalue weighted by Gasteiger charge is 2.30. The van der Waals surface area contributed by atoms with Crippen LogP contribution in [0.25, 0.3) is 0 Å². The second-order valence-electron chi connectivity index (χ2n) is 3.24. The molecule has 0 unspecified atom stereocenters. The monoisotopic (exact) mass is 349 g/mol. The van der Waals surface area contributed by atoms with Crippen LogP contribution in [0, 0.1) is 0 Å². The van der Waals surface area contributed by atoms with E-state index in [9.17, 15) is 21.6 Å². The fourth-order valence-electron chi connectivity index (χ4n) is 0.907. The van der Waals surface area contributed by atoms with E-state index in [1.54, 1.807) is 0 Å². The molecule has 3 N–H and O–H groups in total. The van der Waals surface area contributed by atoms with Gasteiger partial charge in [0.25, 0.3) is 10.1 Å². The summed E-state index contributed by atoms with van der Waals surface area (Å²) in [5.74, 6) is 0. The van der Waals surface area contributed by atoms with Crippen LogP contribution in [0.2, 0.25) is 0 Å². The molecule has 0 radical (unpaired) electrons. The lowest BCUT2D eigenvalue weighted by atomic mass is 10.1. The van der Waals surface area contributed by atoms with Gasteiger partial charge in [-0.05, 0) is 23.8 Å². The van der Waals surface area contributed by atoms with Crippen LogP contribution in [-0.4, -0.2) is 19.2 Å². The van der Waals surface area contributed by atoms with Gasteiger partial charge in [0.05, 0.1) is 11.8 Å². The fraction of sp³-hybridized carbons (Fsp3) is 0.333. The Labute approximate surface area is 111 Å². The van der Waals surface area contributed by atoms with E-state index >= 15 is 0 Å². The van der Waals surface area contributed by atoms with Crippen LogP contribution in [0.5, 0.6) is 0 Å². The van der Waals surface area contributed by atoms with Crippen LogP contribution in [0.15, 0.2) is 22.7 Å². The molecular weight excluding hydrogens is 339 g/mol. The molecule has 0 aromatic heterocycles. The normalized spacial score (nSPS) is 11.7. The van der Waals surface area contributed by atoms with E-state index in [0.717, 1.165) is 12.1 Å². The molecule has 104 valence electrons. The summed E-state index contributed by atoms with van der Waals surface area (Å²) < 4.78 is 63.0. The Balaban J connectivity index is 0.000000494. The lowest BCUT2D eigenvalue weighted by Crippen LogP contribution is -2.07. The number of rotatable bonds is 1. The van der Waals surface area contributed by atoms with Gasteiger partial charge < -0.3 is 5.73 Å². The first-order chi connectivity index (χ1) is 7.95. The predicted octanol–water partition coefficient (Wildman–Crippen LogP) is 2.43. The average molecular weight is 350 g/mol. The molecule has 0 aliphatic rings. The van der Waals surface area contributed by atoms with Crippen molar-refractivity contribution in [1.82, 2.24) is 0 Å². The molecule has 0 aliphatic heterocycles. The van der Waals surface area contributed by atoms with Crippen molar-refractivity contribution in [3.8, 4) is 0 Å². The van der Waals surface area contributed by atoms with Crippen molar-refractivity contribution < 1.29 is 26.1 Å². The summed E-state index contributed by atoms with van der Waals surface area (Å²) in [5, 5.41) is 0. The average Bonchev–Trinajstić information content (AvgIpc) is 2.14. The Morgan fingerprint density at radius 1 is 1.39 bits per heavy atom. The molecule has 1 aromatic rings. The molecule has 18 heavy (non-hydrogen) atoms. The first kappa shape index (κ1) is 17.4. The Morgan fingerprint density at radius 2 is 1.83 bits per heavy atom. The maximum Gasteiger partial charge on any atom is 0.416 e. The van der Waals surface area contributed by atoms with Crippen molar-refractivity contribution in [3.63, 3.8) is 0 Å². The Hall–Kier alpha value is -0.640. The number of nitrogens with two attached hydrogens (primary N) is 1. The lowest BCUT2D eigenvalue weighted by molar-refractivity contribution is -0.137. The fourth-order valence-corrected chi connectivity index (χ4v) is 1.32. The molecule has 1 aromatic carbocycles. The van der Waals surface area contributed by atoms with Crippen LogP contribution in [0.4, 0.5) is 13.2 Å². The van der Waals surface area contributed by atoms with Crippen molar-refractivity contribution in [2.45, 2.75) is 12.7 Å². The molecule has 0 saturated carbocycles. The maximum atomic E-state index is 12.2. The van der Waals surface area contributed by atoms with Crippen LogP contribution >= 0.6 is 15.9 Å². The highest BCUT2D eigenvalue weighted by atomic mass is 79.9. The second kappa shape index (κ2) is 6.50. The van der Waals surface area contributed by atoms with Gasteiger partial charge in [-0.25, -0.2) is 0 Å². The summed E-state index contributed by atoms with van der Waals surface area (Å²) in [6, 6.07) is 3.42. The van der Waals surface area contributed by atoms with Crippen molar-refractivity contribution in [1.29, 1.82) is 0 Å². The van der Waals surface area contributed by atoms with Crippen molar-refractivity contribution in [3.05, 3.63) is 33.8 Å². The molecule has 0 heterocycles. The Bertz CT molecular complexity index is 494. The summed E-state index contributed by atoms with van der Waals surface area (Å²) in [7, 11) is -3.67. The van der Waals surface area contributed by atoms with Crippen molar-refractivity contribution in [2.24, 2.45) is 5.73 Å². The van der Waals surface area contributed by atoms with Crippen LogP contribution in [0.1, 0.15) is 11.1 Å².